The van der Waals surface area contributed by atoms with Gasteiger partial charge in [-0.2, -0.15) is 0 Å². The zero-order valence-electron chi connectivity index (χ0n) is 14.5. The molecular weight excluding hydrogens is 358 g/mol. The third-order valence-electron chi connectivity index (χ3n) is 4.88. The van der Waals surface area contributed by atoms with E-state index in [2.05, 4.69) is 38.5 Å². The summed E-state index contributed by atoms with van der Waals surface area (Å²) in [7, 11) is 0. The van der Waals surface area contributed by atoms with Crippen molar-refractivity contribution in [3.63, 3.8) is 0 Å². The van der Waals surface area contributed by atoms with Gasteiger partial charge in [0, 0.05) is 36.1 Å². The Balaban J connectivity index is 1.49. The lowest BCUT2D eigenvalue weighted by Crippen LogP contribution is -2.26. The zero-order valence-corrected chi connectivity index (χ0v) is 15.3. The Labute approximate surface area is 159 Å². The fourth-order valence-corrected chi connectivity index (χ4v) is 4.14. The second kappa shape index (κ2) is 6.51. The van der Waals surface area contributed by atoms with Gasteiger partial charge < -0.3 is 15.2 Å². The van der Waals surface area contributed by atoms with Crippen LogP contribution in [0.1, 0.15) is 12.1 Å². The monoisotopic (exact) mass is 375 g/mol. The first-order valence-electron chi connectivity index (χ1n) is 8.77. The summed E-state index contributed by atoms with van der Waals surface area (Å²) in [6, 6.07) is 10.3. The summed E-state index contributed by atoms with van der Waals surface area (Å²) in [5, 5.41) is 4.56. The van der Waals surface area contributed by atoms with Gasteiger partial charge in [0.2, 0.25) is 6.41 Å². The Morgan fingerprint density at radius 1 is 1.22 bits per heavy atom. The van der Waals surface area contributed by atoms with Gasteiger partial charge in [0.1, 0.15) is 5.65 Å². The molecule has 0 aliphatic carbocycles. The van der Waals surface area contributed by atoms with Gasteiger partial charge in [0.25, 0.3) is 0 Å². The second-order valence-electron chi connectivity index (χ2n) is 6.54. The molecule has 0 unspecified atom stereocenters. The molecule has 1 amide bonds. The Bertz CT molecular complexity index is 1180. The summed E-state index contributed by atoms with van der Waals surface area (Å²) in [4.78, 5) is 24.9. The SMILES string of the molecule is O=CN1CC=C(c2cc3c(Nc4ccc5ncsc5c4)ccnc3[nH]2)CC1. The molecule has 27 heavy (non-hydrogen) atoms. The number of hydrogen-bond acceptors (Lipinski definition) is 5. The molecule has 0 fully saturated rings. The molecule has 3 aromatic heterocycles. The van der Waals surface area contributed by atoms with Gasteiger partial charge in [-0.3, -0.25) is 4.79 Å². The Morgan fingerprint density at radius 3 is 3.04 bits per heavy atom. The van der Waals surface area contributed by atoms with Crippen molar-refractivity contribution in [1.29, 1.82) is 0 Å². The predicted octanol–water partition coefficient (Wildman–Crippen LogP) is 4.16. The van der Waals surface area contributed by atoms with Crippen LogP contribution in [0.2, 0.25) is 0 Å². The van der Waals surface area contributed by atoms with Crippen molar-refractivity contribution in [3.8, 4) is 0 Å². The lowest BCUT2D eigenvalue weighted by Gasteiger charge is -2.21. The third kappa shape index (κ3) is 2.96. The molecule has 0 saturated heterocycles. The average Bonchev–Trinajstić information content (AvgIpc) is 3.35. The summed E-state index contributed by atoms with van der Waals surface area (Å²) >= 11 is 1.63. The highest BCUT2D eigenvalue weighted by Gasteiger charge is 2.15. The number of pyridine rings is 1. The largest absolute Gasteiger partial charge is 0.355 e. The number of amides is 1. The van der Waals surface area contributed by atoms with Crippen molar-refractivity contribution in [2.75, 3.05) is 18.4 Å². The Morgan fingerprint density at radius 2 is 2.19 bits per heavy atom. The van der Waals surface area contributed by atoms with Crippen molar-refractivity contribution in [2.45, 2.75) is 6.42 Å². The minimum atomic E-state index is 0.654. The fourth-order valence-electron chi connectivity index (χ4n) is 3.42. The lowest BCUT2D eigenvalue weighted by atomic mass is 10.1. The first kappa shape index (κ1) is 16.0. The molecule has 0 spiro atoms. The quantitative estimate of drug-likeness (QED) is 0.525. The first-order valence-corrected chi connectivity index (χ1v) is 9.65. The van der Waals surface area contributed by atoms with E-state index in [1.807, 2.05) is 23.7 Å². The molecule has 4 aromatic rings. The first-order chi connectivity index (χ1) is 13.3. The standard InChI is InChI=1S/C20H17N5OS/c26-12-25-7-4-13(5-8-25)18-10-15-16(3-6-21-20(15)24-18)23-14-1-2-17-19(9-14)27-11-22-17/h1-4,6,9-12H,5,7-8H2,(H2,21,23,24). The number of H-pyrrole nitrogens is 1. The van der Waals surface area contributed by atoms with Crippen LogP contribution in [0, 0.1) is 0 Å². The number of hydrogen-bond donors (Lipinski definition) is 2. The van der Waals surface area contributed by atoms with Crippen molar-refractivity contribution >= 4 is 55.9 Å². The van der Waals surface area contributed by atoms with Crippen LogP contribution < -0.4 is 5.32 Å². The molecule has 134 valence electrons. The molecule has 7 heteroatoms. The highest BCUT2D eigenvalue weighted by Crippen LogP contribution is 2.31. The molecule has 1 aliphatic heterocycles. The number of thiazole rings is 1. The number of carbonyl (C=O) groups is 1. The van der Waals surface area contributed by atoms with Crippen molar-refractivity contribution in [1.82, 2.24) is 19.9 Å². The van der Waals surface area contributed by atoms with E-state index in [0.29, 0.717) is 6.54 Å². The van der Waals surface area contributed by atoms with Crippen LogP contribution >= 0.6 is 11.3 Å². The number of benzene rings is 1. The van der Waals surface area contributed by atoms with E-state index in [1.165, 1.54) is 5.57 Å². The van der Waals surface area contributed by atoms with Crippen LogP contribution in [-0.2, 0) is 4.79 Å². The average molecular weight is 375 g/mol. The van der Waals surface area contributed by atoms with Gasteiger partial charge in [-0.25, -0.2) is 9.97 Å². The molecule has 1 aromatic carbocycles. The number of nitrogens with zero attached hydrogens (tertiary/aromatic N) is 3. The predicted molar refractivity (Wildman–Crippen MR) is 109 cm³/mol. The minimum Gasteiger partial charge on any atom is -0.355 e. The van der Waals surface area contributed by atoms with Crippen LogP contribution in [0.5, 0.6) is 0 Å². The van der Waals surface area contributed by atoms with Crippen molar-refractivity contribution in [2.24, 2.45) is 0 Å². The zero-order chi connectivity index (χ0) is 18.2. The molecule has 1 aliphatic rings. The smallest absolute Gasteiger partial charge is 0.209 e. The topological polar surface area (TPSA) is 73.9 Å². The van der Waals surface area contributed by atoms with Crippen molar-refractivity contribution < 1.29 is 4.79 Å². The van der Waals surface area contributed by atoms with Gasteiger partial charge in [-0.05, 0) is 42.3 Å². The molecule has 4 heterocycles. The van der Waals surface area contributed by atoms with E-state index in [9.17, 15) is 4.79 Å². The number of aromatic nitrogens is 3. The number of rotatable bonds is 4. The summed E-state index contributed by atoms with van der Waals surface area (Å²) in [6.07, 6.45) is 5.66. The lowest BCUT2D eigenvalue weighted by molar-refractivity contribution is -0.117. The van der Waals surface area contributed by atoms with Gasteiger partial charge in [0.15, 0.2) is 0 Å². The second-order valence-corrected chi connectivity index (χ2v) is 7.43. The summed E-state index contributed by atoms with van der Waals surface area (Å²) in [5.41, 5.74) is 8.06. The van der Waals surface area contributed by atoms with Gasteiger partial charge in [-0.15, -0.1) is 11.3 Å². The van der Waals surface area contributed by atoms with Gasteiger partial charge in [0.05, 0.1) is 21.4 Å². The van der Waals surface area contributed by atoms with E-state index in [4.69, 9.17) is 0 Å². The molecule has 5 rings (SSSR count). The van der Waals surface area contributed by atoms with E-state index in [0.717, 1.165) is 57.7 Å². The van der Waals surface area contributed by atoms with E-state index in [-0.39, 0.29) is 0 Å². The Hall–Kier alpha value is -3.19. The van der Waals surface area contributed by atoms with Gasteiger partial charge in [-0.1, -0.05) is 6.08 Å². The molecule has 6 nitrogen and oxygen atoms in total. The number of fused-ring (bicyclic) bond motifs is 2. The molecule has 0 saturated carbocycles. The normalized spacial score (nSPS) is 14.5. The number of carbonyl (C=O) groups excluding carboxylic acids is 1. The summed E-state index contributed by atoms with van der Waals surface area (Å²) in [5.74, 6) is 0. The van der Waals surface area contributed by atoms with Gasteiger partial charge >= 0.3 is 0 Å². The van der Waals surface area contributed by atoms with Crippen LogP contribution in [0.15, 0.2) is 48.1 Å². The third-order valence-corrected chi connectivity index (χ3v) is 5.67. The number of anilines is 2. The van der Waals surface area contributed by atoms with Crippen LogP contribution in [-0.4, -0.2) is 39.4 Å². The van der Waals surface area contributed by atoms with E-state index < -0.39 is 0 Å². The number of nitrogens with one attached hydrogen (secondary N) is 2. The summed E-state index contributed by atoms with van der Waals surface area (Å²) < 4.78 is 1.16. The van der Waals surface area contributed by atoms with E-state index in [1.54, 1.807) is 22.4 Å². The highest BCUT2D eigenvalue weighted by atomic mass is 32.1. The van der Waals surface area contributed by atoms with E-state index >= 15 is 0 Å². The maximum absolute atomic E-state index is 10.9. The maximum atomic E-state index is 10.9. The molecular formula is C20H17N5OS. The highest BCUT2D eigenvalue weighted by molar-refractivity contribution is 7.16. The molecule has 2 N–H and O–H groups in total. The van der Waals surface area contributed by atoms with Crippen molar-refractivity contribution in [3.05, 3.63) is 53.8 Å². The number of aromatic amines is 1. The Kier molecular flexibility index (Phi) is 3.86. The molecule has 0 bridgehead atoms. The summed E-state index contributed by atoms with van der Waals surface area (Å²) in [6.45, 7) is 1.40. The fraction of sp³-hybridized carbons (Fsp3) is 0.150. The maximum Gasteiger partial charge on any atom is 0.209 e. The van der Waals surface area contributed by atoms with Crippen LogP contribution in [0.3, 0.4) is 0 Å². The van der Waals surface area contributed by atoms with Crippen LogP contribution in [0.4, 0.5) is 11.4 Å². The molecule has 0 radical (unpaired) electrons. The minimum absolute atomic E-state index is 0.654. The van der Waals surface area contributed by atoms with Crippen LogP contribution in [0.25, 0.3) is 26.8 Å². The molecule has 0 atom stereocenters.